The highest BCUT2D eigenvalue weighted by Crippen LogP contribution is 2.31. The van der Waals surface area contributed by atoms with E-state index in [2.05, 4.69) is 66.1 Å². The zero-order valence-corrected chi connectivity index (χ0v) is 13.4. The van der Waals surface area contributed by atoms with Gasteiger partial charge in [0.05, 0.1) is 5.69 Å². The maximum absolute atomic E-state index is 4.87. The topological polar surface area (TPSA) is 30.7 Å². The first kappa shape index (κ1) is 14.0. The van der Waals surface area contributed by atoms with Gasteiger partial charge in [0.1, 0.15) is 11.5 Å². The zero-order valence-electron chi connectivity index (χ0n) is 13.4. The number of hydrogen-bond donors (Lipinski definition) is 0. The molecule has 2 rings (SSSR count). The fraction of sp³-hybridized carbons (Fsp3) is 0.625. The van der Waals surface area contributed by atoms with Gasteiger partial charge < -0.3 is 4.57 Å². The van der Waals surface area contributed by atoms with E-state index in [4.69, 9.17) is 9.97 Å². The summed E-state index contributed by atoms with van der Waals surface area (Å²) in [4.78, 5) is 9.67. The predicted molar refractivity (Wildman–Crippen MR) is 80.6 cm³/mol. The number of rotatable bonds is 0. The second-order valence-corrected chi connectivity index (χ2v) is 7.48. The largest absolute Gasteiger partial charge is 0.333 e. The lowest BCUT2D eigenvalue weighted by molar-refractivity contribution is 0.519. The first-order valence-electron chi connectivity index (χ1n) is 6.87. The van der Waals surface area contributed by atoms with Crippen LogP contribution >= 0.6 is 0 Å². The highest BCUT2D eigenvalue weighted by atomic mass is 15.1. The molecule has 2 aromatic heterocycles. The predicted octanol–water partition coefficient (Wildman–Crippen LogP) is 3.87. The smallest absolute Gasteiger partial charge is 0.143 e. The Labute approximate surface area is 116 Å². The third-order valence-electron chi connectivity index (χ3n) is 3.51. The first-order valence-corrected chi connectivity index (χ1v) is 6.87. The maximum atomic E-state index is 4.87. The molecule has 0 aliphatic carbocycles. The second kappa shape index (κ2) is 4.06. The second-order valence-electron chi connectivity index (χ2n) is 7.48. The maximum Gasteiger partial charge on any atom is 0.143 e. The minimum Gasteiger partial charge on any atom is -0.333 e. The molecule has 0 aromatic carbocycles. The van der Waals surface area contributed by atoms with E-state index >= 15 is 0 Å². The minimum absolute atomic E-state index is 0.0228. The van der Waals surface area contributed by atoms with Crippen LogP contribution in [0.1, 0.15) is 58.8 Å². The third kappa shape index (κ3) is 2.38. The summed E-state index contributed by atoms with van der Waals surface area (Å²) in [5.74, 6) is 0.922. The monoisotopic (exact) mass is 259 g/mol. The molecule has 0 radical (unpaired) electrons. The molecule has 2 aromatic rings. The van der Waals surface area contributed by atoms with Gasteiger partial charge in [-0.15, -0.1) is 0 Å². The van der Waals surface area contributed by atoms with E-state index in [9.17, 15) is 0 Å². The van der Waals surface area contributed by atoms with Crippen LogP contribution < -0.4 is 0 Å². The third-order valence-corrected chi connectivity index (χ3v) is 3.51. The molecule has 0 saturated heterocycles. The van der Waals surface area contributed by atoms with Crippen LogP contribution in [0.15, 0.2) is 6.07 Å². The molecule has 3 heteroatoms. The highest BCUT2D eigenvalue weighted by Gasteiger charge is 2.26. The summed E-state index contributed by atoms with van der Waals surface area (Å²) in [6.07, 6.45) is 0. The summed E-state index contributed by atoms with van der Waals surface area (Å²) in [6.45, 7) is 15.2. The van der Waals surface area contributed by atoms with Crippen LogP contribution in [0.5, 0.6) is 0 Å². The molecule has 0 saturated carbocycles. The van der Waals surface area contributed by atoms with E-state index in [-0.39, 0.29) is 10.8 Å². The number of fused-ring (bicyclic) bond motifs is 1. The molecule has 19 heavy (non-hydrogen) atoms. The van der Waals surface area contributed by atoms with Crippen molar-refractivity contribution in [3.63, 3.8) is 0 Å². The van der Waals surface area contributed by atoms with Crippen molar-refractivity contribution in [3.05, 3.63) is 23.3 Å². The van der Waals surface area contributed by atoms with Gasteiger partial charge in [-0.05, 0) is 13.0 Å². The number of aryl methyl sites for hydroxylation is 2. The Morgan fingerprint density at radius 1 is 0.947 bits per heavy atom. The molecule has 0 atom stereocenters. The summed E-state index contributed by atoms with van der Waals surface area (Å²) in [5, 5.41) is 1.18. The quantitative estimate of drug-likeness (QED) is 0.719. The van der Waals surface area contributed by atoms with Gasteiger partial charge in [0, 0.05) is 29.0 Å². The van der Waals surface area contributed by atoms with Gasteiger partial charge in [-0.2, -0.15) is 0 Å². The molecule has 0 bridgehead atoms. The van der Waals surface area contributed by atoms with Crippen molar-refractivity contribution >= 4 is 11.0 Å². The molecule has 104 valence electrons. The Hall–Kier alpha value is -1.38. The van der Waals surface area contributed by atoms with Gasteiger partial charge in [-0.3, -0.25) is 0 Å². The summed E-state index contributed by atoms with van der Waals surface area (Å²) in [6, 6.07) is 2.20. The standard InChI is InChI=1S/C16H25N3/c1-10-9-11-12(15(2,3)4)17-14(16(5,6)7)18-13(11)19(10)8/h9H,1-8H3. The molecular formula is C16H25N3. The molecule has 2 heterocycles. The molecule has 0 aliphatic rings. The van der Waals surface area contributed by atoms with Crippen molar-refractivity contribution in [2.45, 2.75) is 59.3 Å². The summed E-state index contributed by atoms with van der Waals surface area (Å²) in [7, 11) is 2.07. The van der Waals surface area contributed by atoms with Crippen molar-refractivity contribution in [2.75, 3.05) is 0 Å². The average molecular weight is 259 g/mol. The summed E-state index contributed by atoms with van der Waals surface area (Å²) < 4.78 is 2.15. The van der Waals surface area contributed by atoms with E-state index in [0.717, 1.165) is 17.2 Å². The number of nitrogens with zero attached hydrogens (tertiary/aromatic N) is 3. The zero-order chi connectivity index (χ0) is 14.6. The van der Waals surface area contributed by atoms with Gasteiger partial charge in [-0.25, -0.2) is 9.97 Å². The SMILES string of the molecule is Cc1cc2c(C(C)(C)C)nc(C(C)(C)C)nc2n1C. The Bertz CT molecular complexity index is 622. The van der Waals surface area contributed by atoms with Crippen LogP contribution in [0.3, 0.4) is 0 Å². The van der Waals surface area contributed by atoms with Crippen molar-refractivity contribution in [1.82, 2.24) is 14.5 Å². The van der Waals surface area contributed by atoms with E-state index in [0.29, 0.717) is 0 Å². The lowest BCUT2D eigenvalue weighted by Gasteiger charge is -2.23. The fourth-order valence-electron chi connectivity index (χ4n) is 2.23. The average Bonchev–Trinajstić information content (AvgIpc) is 2.51. The van der Waals surface area contributed by atoms with Crippen LogP contribution in [0.2, 0.25) is 0 Å². The number of aromatic nitrogens is 3. The molecule has 0 amide bonds. The Morgan fingerprint density at radius 2 is 1.53 bits per heavy atom. The van der Waals surface area contributed by atoms with E-state index in [1.807, 2.05) is 0 Å². The van der Waals surface area contributed by atoms with Crippen LogP contribution in [-0.4, -0.2) is 14.5 Å². The Balaban J connectivity index is 2.89. The fourth-order valence-corrected chi connectivity index (χ4v) is 2.23. The van der Waals surface area contributed by atoms with E-state index < -0.39 is 0 Å². The van der Waals surface area contributed by atoms with Gasteiger partial charge in [0.2, 0.25) is 0 Å². The summed E-state index contributed by atoms with van der Waals surface area (Å²) >= 11 is 0. The van der Waals surface area contributed by atoms with Gasteiger partial charge >= 0.3 is 0 Å². The lowest BCUT2D eigenvalue weighted by Crippen LogP contribution is -2.22. The molecule has 0 unspecified atom stereocenters. The minimum atomic E-state index is -0.0354. The highest BCUT2D eigenvalue weighted by molar-refractivity contribution is 5.81. The van der Waals surface area contributed by atoms with Crippen LogP contribution in [0.4, 0.5) is 0 Å². The van der Waals surface area contributed by atoms with Gasteiger partial charge in [-0.1, -0.05) is 41.5 Å². The van der Waals surface area contributed by atoms with Gasteiger partial charge in [0.25, 0.3) is 0 Å². The van der Waals surface area contributed by atoms with Crippen molar-refractivity contribution in [3.8, 4) is 0 Å². The van der Waals surface area contributed by atoms with Gasteiger partial charge in [0.15, 0.2) is 0 Å². The lowest BCUT2D eigenvalue weighted by atomic mass is 9.88. The Kier molecular flexibility index (Phi) is 3.00. The molecule has 0 fully saturated rings. The molecule has 3 nitrogen and oxygen atoms in total. The summed E-state index contributed by atoms with van der Waals surface area (Å²) in [5.41, 5.74) is 3.40. The molecule has 0 aliphatic heterocycles. The Morgan fingerprint density at radius 3 is 2.00 bits per heavy atom. The van der Waals surface area contributed by atoms with Crippen LogP contribution in [-0.2, 0) is 17.9 Å². The molecule has 0 spiro atoms. The van der Waals surface area contributed by atoms with Crippen molar-refractivity contribution < 1.29 is 0 Å². The first-order chi connectivity index (χ1) is 8.51. The van der Waals surface area contributed by atoms with E-state index in [1.54, 1.807) is 0 Å². The van der Waals surface area contributed by atoms with Crippen molar-refractivity contribution in [1.29, 1.82) is 0 Å². The van der Waals surface area contributed by atoms with E-state index in [1.165, 1.54) is 11.1 Å². The molecule has 0 N–H and O–H groups in total. The van der Waals surface area contributed by atoms with Crippen molar-refractivity contribution in [2.24, 2.45) is 7.05 Å². The van der Waals surface area contributed by atoms with Crippen LogP contribution in [0.25, 0.3) is 11.0 Å². The molecular weight excluding hydrogens is 234 g/mol. The number of hydrogen-bond acceptors (Lipinski definition) is 2. The van der Waals surface area contributed by atoms with Crippen LogP contribution in [0, 0.1) is 6.92 Å². The normalized spacial score (nSPS) is 13.3.